The van der Waals surface area contributed by atoms with Gasteiger partial charge in [0.05, 0.1) is 11.4 Å². The molecule has 0 unspecified atom stereocenters. The Morgan fingerprint density at radius 1 is 1.20 bits per heavy atom. The Morgan fingerprint density at radius 2 is 1.90 bits per heavy atom. The van der Waals surface area contributed by atoms with E-state index in [1.54, 1.807) is 0 Å². The summed E-state index contributed by atoms with van der Waals surface area (Å²) in [6, 6.07) is 12.2. The first-order chi connectivity index (χ1) is 9.50. The SMILES string of the molecule is CN(Cc1ccn(-c2ccccc2)n1)CC(C)(C)CN. The predicted octanol–water partition coefficient (Wildman–Crippen LogP) is 2.29. The highest BCUT2D eigenvalue weighted by atomic mass is 15.3. The lowest BCUT2D eigenvalue weighted by Gasteiger charge is -2.28. The van der Waals surface area contributed by atoms with E-state index in [0.29, 0.717) is 6.54 Å². The van der Waals surface area contributed by atoms with Gasteiger partial charge in [-0.1, -0.05) is 32.0 Å². The highest BCUT2D eigenvalue weighted by Gasteiger charge is 2.18. The van der Waals surface area contributed by atoms with Crippen molar-refractivity contribution in [3.05, 3.63) is 48.3 Å². The number of hydrogen-bond donors (Lipinski definition) is 1. The third-order valence-corrected chi connectivity index (χ3v) is 3.35. The van der Waals surface area contributed by atoms with E-state index < -0.39 is 0 Å². The predicted molar refractivity (Wildman–Crippen MR) is 82.7 cm³/mol. The van der Waals surface area contributed by atoms with E-state index in [0.717, 1.165) is 24.5 Å². The van der Waals surface area contributed by atoms with E-state index in [2.05, 4.69) is 49.1 Å². The molecule has 1 aromatic heterocycles. The summed E-state index contributed by atoms with van der Waals surface area (Å²) in [5.74, 6) is 0. The van der Waals surface area contributed by atoms with Gasteiger partial charge in [0.1, 0.15) is 0 Å². The van der Waals surface area contributed by atoms with Crippen LogP contribution in [0, 0.1) is 5.41 Å². The second kappa shape index (κ2) is 6.20. The maximum Gasteiger partial charge on any atom is 0.0769 e. The monoisotopic (exact) mass is 272 g/mol. The Balaban J connectivity index is 2.00. The van der Waals surface area contributed by atoms with Crippen LogP contribution < -0.4 is 5.73 Å². The number of benzene rings is 1. The summed E-state index contributed by atoms with van der Waals surface area (Å²) in [5.41, 5.74) is 8.08. The molecule has 2 N–H and O–H groups in total. The van der Waals surface area contributed by atoms with E-state index >= 15 is 0 Å². The van der Waals surface area contributed by atoms with Gasteiger partial charge < -0.3 is 5.73 Å². The van der Waals surface area contributed by atoms with Crippen LogP contribution in [0.4, 0.5) is 0 Å². The Kier molecular flexibility index (Phi) is 4.57. The molecule has 0 bridgehead atoms. The molecular weight excluding hydrogens is 248 g/mol. The molecule has 20 heavy (non-hydrogen) atoms. The number of nitrogens with zero attached hydrogens (tertiary/aromatic N) is 3. The van der Waals surface area contributed by atoms with E-state index in [-0.39, 0.29) is 5.41 Å². The van der Waals surface area contributed by atoms with E-state index in [9.17, 15) is 0 Å². The Bertz CT molecular complexity index is 530. The number of hydrogen-bond acceptors (Lipinski definition) is 3. The van der Waals surface area contributed by atoms with E-state index in [1.165, 1.54) is 0 Å². The van der Waals surface area contributed by atoms with Crippen LogP contribution in [0.5, 0.6) is 0 Å². The van der Waals surface area contributed by atoms with Crippen molar-refractivity contribution in [2.45, 2.75) is 20.4 Å². The highest BCUT2D eigenvalue weighted by molar-refractivity contribution is 5.30. The van der Waals surface area contributed by atoms with Gasteiger partial charge in [-0.05, 0) is 37.2 Å². The molecule has 0 fully saturated rings. The summed E-state index contributed by atoms with van der Waals surface area (Å²) in [4.78, 5) is 2.27. The Hall–Kier alpha value is -1.65. The minimum Gasteiger partial charge on any atom is -0.330 e. The molecule has 0 atom stereocenters. The average molecular weight is 272 g/mol. The molecule has 0 saturated carbocycles. The van der Waals surface area contributed by atoms with Crippen LogP contribution >= 0.6 is 0 Å². The van der Waals surface area contributed by atoms with Gasteiger partial charge in [0.2, 0.25) is 0 Å². The lowest BCUT2D eigenvalue weighted by Crippen LogP contribution is -2.36. The maximum atomic E-state index is 5.78. The third-order valence-electron chi connectivity index (χ3n) is 3.35. The van der Waals surface area contributed by atoms with Gasteiger partial charge >= 0.3 is 0 Å². The summed E-state index contributed by atoms with van der Waals surface area (Å²) in [6.45, 7) is 6.86. The van der Waals surface area contributed by atoms with Crippen LogP contribution in [0.3, 0.4) is 0 Å². The summed E-state index contributed by atoms with van der Waals surface area (Å²) in [7, 11) is 2.11. The molecular formula is C16H24N4. The maximum absolute atomic E-state index is 5.78. The summed E-state index contributed by atoms with van der Waals surface area (Å²) >= 11 is 0. The highest BCUT2D eigenvalue weighted by Crippen LogP contribution is 2.15. The third kappa shape index (κ3) is 3.92. The minimum absolute atomic E-state index is 0.136. The van der Waals surface area contributed by atoms with Crippen molar-refractivity contribution >= 4 is 0 Å². The lowest BCUT2D eigenvalue weighted by atomic mass is 9.93. The van der Waals surface area contributed by atoms with Gasteiger partial charge in [-0.3, -0.25) is 4.90 Å². The molecule has 0 spiro atoms. The molecule has 4 heteroatoms. The van der Waals surface area contributed by atoms with Crippen LogP contribution in [0.1, 0.15) is 19.5 Å². The zero-order chi connectivity index (χ0) is 14.6. The van der Waals surface area contributed by atoms with Gasteiger partial charge in [0.25, 0.3) is 0 Å². The topological polar surface area (TPSA) is 47.1 Å². The van der Waals surface area contributed by atoms with Gasteiger partial charge in [0, 0.05) is 19.3 Å². The fourth-order valence-electron chi connectivity index (χ4n) is 2.30. The first-order valence-corrected chi connectivity index (χ1v) is 6.99. The molecule has 0 aliphatic carbocycles. The molecule has 1 heterocycles. The van der Waals surface area contributed by atoms with Crippen LogP contribution in [0.25, 0.3) is 5.69 Å². The first kappa shape index (κ1) is 14.8. The van der Waals surface area contributed by atoms with Crippen molar-refractivity contribution in [2.24, 2.45) is 11.1 Å². The largest absolute Gasteiger partial charge is 0.330 e. The summed E-state index contributed by atoms with van der Waals surface area (Å²) < 4.78 is 1.91. The van der Waals surface area contributed by atoms with E-state index in [4.69, 9.17) is 5.73 Å². The standard InChI is InChI=1S/C16H24N4/c1-16(2,12-17)13-19(3)11-14-9-10-20(18-14)15-7-5-4-6-8-15/h4-10H,11-13,17H2,1-3H3. The van der Waals surface area contributed by atoms with Gasteiger partial charge in [-0.15, -0.1) is 0 Å². The summed E-state index contributed by atoms with van der Waals surface area (Å²) in [5, 5.41) is 4.62. The normalized spacial score (nSPS) is 12.1. The fourth-order valence-corrected chi connectivity index (χ4v) is 2.30. The van der Waals surface area contributed by atoms with Crippen LogP contribution in [0.2, 0.25) is 0 Å². The molecule has 0 aliphatic heterocycles. The molecule has 0 radical (unpaired) electrons. The number of nitrogens with two attached hydrogens (primary N) is 1. The molecule has 1 aromatic carbocycles. The molecule has 0 saturated heterocycles. The van der Waals surface area contributed by atoms with Crippen molar-refractivity contribution in [2.75, 3.05) is 20.1 Å². The van der Waals surface area contributed by atoms with Gasteiger partial charge in [-0.2, -0.15) is 5.10 Å². The van der Waals surface area contributed by atoms with E-state index in [1.807, 2.05) is 29.1 Å². The van der Waals surface area contributed by atoms with Crippen molar-refractivity contribution in [1.82, 2.24) is 14.7 Å². The van der Waals surface area contributed by atoms with Crippen LogP contribution in [-0.4, -0.2) is 34.8 Å². The van der Waals surface area contributed by atoms with Crippen molar-refractivity contribution in [1.29, 1.82) is 0 Å². The smallest absolute Gasteiger partial charge is 0.0769 e. The zero-order valence-corrected chi connectivity index (χ0v) is 12.6. The van der Waals surface area contributed by atoms with Crippen molar-refractivity contribution < 1.29 is 0 Å². The van der Waals surface area contributed by atoms with Crippen molar-refractivity contribution in [3.63, 3.8) is 0 Å². The Labute approximate surface area is 121 Å². The van der Waals surface area contributed by atoms with Gasteiger partial charge in [-0.25, -0.2) is 4.68 Å². The minimum atomic E-state index is 0.136. The molecule has 0 amide bonds. The number of rotatable bonds is 6. The molecule has 4 nitrogen and oxygen atoms in total. The van der Waals surface area contributed by atoms with Crippen LogP contribution in [0.15, 0.2) is 42.6 Å². The van der Waals surface area contributed by atoms with Crippen LogP contribution in [-0.2, 0) is 6.54 Å². The second-order valence-electron chi connectivity index (χ2n) is 6.13. The molecule has 2 rings (SSSR count). The molecule has 2 aromatic rings. The average Bonchev–Trinajstić information content (AvgIpc) is 2.87. The Morgan fingerprint density at radius 3 is 2.55 bits per heavy atom. The zero-order valence-electron chi connectivity index (χ0n) is 12.6. The first-order valence-electron chi connectivity index (χ1n) is 6.99. The number of para-hydroxylation sites is 1. The van der Waals surface area contributed by atoms with Crippen molar-refractivity contribution in [3.8, 4) is 5.69 Å². The second-order valence-corrected chi connectivity index (χ2v) is 6.13. The van der Waals surface area contributed by atoms with Gasteiger partial charge in [0.15, 0.2) is 0 Å². The quantitative estimate of drug-likeness (QED) is 0.877. The molecule has 0 aliphatic rings. The summed E-state index contributed by atoms with van der Waals surface area (Å²) in [6.07, 6.45) is 2.01. The number of aromatic nitrogens is 2. The lowest BCUT2D eigenvalue weighted by molar-refractivity contribution is 0.208. The fraction of sp³-hybridized carbons (Fsp3) is 0.438. The molecule has 108 valence electrons.